The number of nitrogens with zero attached hydrogens (tertiary/aromatic N) is 7. The number of carbonyl (C=O) groups is 2. The van der Waals surface area contributed by atoms with Crippen molar-refractivity contribution in [3.8, 4) is 17.8 Å². The van der Waals surface area contributed by atoms with Crippen LogP contribution in [0.1, 0.15) is 49.3 Å². The highest BCUT2D eigenvalue weighted by Gasteiger charge is 2.23. The summed E-state index contributed by atoms with van der Waals surface area (Å²) in [4.78, 5) is 27.4. The summed E-state index contributed by atoms with van der Waals surface area (Å²) in [5.41, 5.74) is 8.91. The number of aromatic nitrogens is 3. The highest BCUT2D eigenvalue weighted by atomic mass is 16.2. The zero-order valence-corrected chi connectivity index (χ0v) is 22.7. The maximum absolute atomic E-state index is 11.6. The lowest BCUT2D eigenvalue weighted by Crippen LogP contribution is -2.31. The summed E-state index contributed by atoms with van der Waals surface area (Å²) in [6.45, 7) is 3.86. The molecule has 0 aliphatic carbocycles. The van der Waals surface area contributed by atoms with Crippen LogP contribution in [-0.4, -0.2) is 38.0 Å². The van der Waals surface area contributed by atoms with E-state index in [1.165, 1.54) is 10.9 Å². The summed E-state index contributed by atoms with van der Waals surface area (Å²) in [6, 6.07) is 18.4. The normalized spacial score (nSPS) is 18.5. The van der Waals surface area contributed by atoms with E-state index in [9.17, 15) is 20.1 Å². The van der Waals surface area contributed by atoms with Gasteiger partial charge in [-0.1, -0.05) is 38.1 Å². The molecule has 0 unspecified atom stereocenters. The summed E-state index contributed by atoms with van der Waals surface area (Å²) in [7, 11) is 0. The van der Waals surface area contributed by atoms with E-state index in [0.29, 0.717) is 24.2 Å². The molecular formula is C29H25N11O2. The Morgan fingerprint density at radius 2 is 1.50 bits per heavy atom. The minimum absolute atomic E-state index is 0.0129. The third kappa shape index (κ3) is 5.66. The van der Waals surface area contributed by atoms with Gasteiger partial charge >= 0.3 is 0 Å². The van der Waals surface area contributed by atoms with Gasteiger partial charge in [0.05, 0.1) is 17.1 Å². The third-order valence-electron chi connectivity index (χ3n) is 6.80. The summed E-state index contributed by atoms with van der Waals surface area (Å²) in [5, 5.41) is 43.4. The van der Waals surface area contributed by atoms with Gasteiger partial charge in [-0.25, -0.2) is 20.5 Å². The van der Waals surface area contributed by atoms with E-state index < -0.39 is 0 Å². The van der Waals surface area contributed by atoms with Crippen molar-refractivity contribution in [1.29, 1.82) is 15.9 Å². The number of allylic oxidation sites excluding steroid dienone is 1. The number of nitriles is 2. The number of rotatable bonds is 6. The van der Waals surface area contributed by atoms with Crippen molar-refractivity contribution in [2.45, 2.75) is 26.7 Å². The Hall–Kier alpha value is -5.95. The highest BCUT2D eigenvalue weighted by Crippen LogP contribution is 2.22. The number of anilines is 1. The molecule has 1 aromatic heterocycles. The van der Waals surface area contributed by atoms with Crippen LogP contribution < -0.4 is 21.7 Å². The van der Waals surface area contributed by atoms with Gasteiger partial charge in [0, 0.05) is 36.6 Å². The van der Waals surface area contributed by atoms with Crippen molar-refractivity contribution in [3.63, 3.8) is 0 Å². The van der Waals surface area contributed by atoms with Crippen LogP contribution in [0.3, 0.4) is 0 Å². The third-order valence-corrected chi connectivity index (χ3v) is 6.80. The maximum Gasteiger partial charge on any atom is 0.240 e. The monoisotopic (exact) mass is 559 g/mol. The lowest BCUT2D eigenvalue weighted by atomic mass is 9.94. The van der Waals surface area contributed by atoms with E-state index in [-0.39, 0.29) is 46.2 Å². The van der Waals surface area contributed by atoms with Gasteiger partial charge in [0.25, 0.3) is 0 Å². The van der Waals surface area contributed by atoms with Gasteiger partial charge in [0.2, 0.25) is 17.5 Å². The molecule has 2 amide bonds. The molecule has 3 aromatic rings. The van der Waals surface area contributed by atoms with Crippen LogP contribution in [0.15, 0.2) is 64.9 Å². The van der Waals surface area contributed by atoms with Crippen molar-refractivity contribution < 1.29 is 9.59 Å². The number of carbonyl (C=O) groups excluding carboxylic acids is 2. The number of amides is 2. The van der Waals surface area contributed by atoms with Gasteiger partial charge in [-0.3, -0.25) is 15.0 Å². The van der Waals surface area contributed by atoms with Crippen LogP contribution in [0.4, 0.5) is 5.69 Å². The second kappa shape index (κ2) is 11.7. The molecule has 2 aromatic carbocycles. The molecule has 0 spiro atoms. The molecule has 0 saturated carbocycles. The van der Waals surface area contributed by atoms with Gasteiger partial charge in [-0.2, -0.15) is 25.8 Å². The molecule has 2 aliphatic heterocycles. The Labute approximate surface area is 240 Å². The second-order valence-corrected chi connectivity index (χ2v) is 9.87. The smallest absolute Gasteiger partial charge is 0.240 e. The van der Waals surface area contributed by atoms with Crippen molar-refractivity contribution >= 4 is 34.5 Å². The summed E-state index contributed by atoms with van der Waals surface area (Å²) in [6.07, 6.45) is 2.16. The summed E-state index contributed by atoms with van der Waals surface area (Å²) in [5.74, 6) is -0.261. The second-order valence-electron chi connectivity index (χ2n) is 9.87. The van der Waals surface area contributed by atoms with E-state index >= 15 is 0 Å². The van der Waals surface area contributed by atoms with Crippen LogP contribution >= 0.6 is 0 Å². The van der Waals surface area contributed by atoms with E-state index in [1.807, 2.05) is 44.2 Å². The standard InChI is InChI=1S/C29H25N11O2/c1-16-11-24(41)35-37-26(16)18-3-7-21(8-4-18)33-15-20(13-30)29-34-28(32)23(14-31)39-40(29)22-9-5-19(6-10-22)27-17(2)12-25(42)36-38-27/h3-10,15-17,32-33H,11-12H2,1-2H3,(H,35,41)(H,36,42)/b20-15-,32-28?/t16-,17-/m1/s1. The molecule has 208 valence electrons. The van der Waals surface area contributed by atoms with Crippen molar-refractivity contribution in [3.05, 3.63) is 82.9 Å². The first-order valence-electron chi connectivity index (χ1n) is 13.0. The van der Waals surface area contributed by atoms with Gasteiger partial charge in [0.15, 0.2) is 11.3 Å². The van der Waals surface area contributed by atoms with Gasteiger partial charge in [-0.15, -0.1) is 0 Å². The van der Waals surface area contributed by atoms with Gasteiger partial charge < -0.3 is 5.32 Å². The van der Waals surface area contributed by atoms with Crippen LogP contribution in [0.25, 0.3) is 11.3 Å². The van der Waals surface area contributed by atoms with Gasteiger partial charge in [0.1, 0.15) is 17.7 Å². The largest absolute Gasteiger partial charge is 0.360 e. The molecule has 13 heteroatoms. The summed E-state index contributed by atoms with van der Waals surface area (Å²) < 4.78 is 1.34. The fourth-order valence-electron chi connectivity index (χ4n) is 4.65. The molecule has 3 heterocycles. The van der Waals surface area contributed by atoms with Crippen LogP contribution in [0, 0.1) is 39.9 Å². The number of nitrogens with one attached hydrogen (secondary N) is 4. The molecule has 2 atom stereocenters. The van der Waals surface area contributed by atoms with Crippen molar-refractivity contribution in [2.75, 3.05) is 5.32 Å². The van der Waals surface area contributed by atoms with Crippen LogP contribution in [-0.2, 0) is 9.59 Å². The lowest BCUT2D eigenvalue weighted by Gasteiger charge is -2.19. The summed E-state index contributed by atoms with van der Waals surface area (Å²) >= 11 is 0. The molecule has 13 nitrogen and oxygen atoms in total. The Bertz CT molecular complexity index is 1800. The fraction of sp³-hybridized carbons (Fsp3) is 0.207. The number of benzene rings is 2. The Morgan fingerprint density at radius 1 is 0.952 bits per heavy atom. The first-order chi connectivity index (χ1) is 20.3. The zero-order valence-electron chi connectivity index (χ0n) is 22.7. The SMILES string of the molecule is C[C@@H]1CC(=O)NN=C1c1ccc(N/C=C(/C#N)c2nc(=N)c(C#N)nn2-c2ccc(C3=NNC(=O)C[C@H]3C)cc2)cc1. The molecule has 42 heavy (non-hydrogen) atoms. The molecule has 0 radical (unpaired) electrons. The quantitative estimate of drug-likeness (QED) is 0.332. The van der Waals surface area contributed by atoms with E-state index in [1.54, 1.807) is 24.3 Å². The maximum atomic E-state index is 11.6. The lowest BCUT2D eigenvalue weighted by molar-refractivity contribution is -0.122. The number of hydrogen-bond donors (Lipinski definition) is 4. The Morgan fingerprint density at radius 3 is 2.00 bits per heavy atom. The molecule has 0 fully saturated rings. The fourth-order valence-corrected chi connectivity index (χ4v) is 4.65. The average Bonchev–Trinajstić information content (AvgIpc) is 2.98. The van der Waals surface area contributed by atoms with Crippen molar-refractivity contribution in [1.82, 2.24) is 25.6 Å². The zero-order chi connectivity index (χ0) is 29.8. The minimum Gasteiger partial charge on any atom is -0.360 e. The van der Waals surface area contributed by atoms with E-state index in [4.69, 9.17) is 5.41 Å². The first kappa shape index (κ1) is 27.6. The predicted molar refractivity (Wildman–Crippen MR) is 153 cm³/mol. The van der Waals surface area contributed by atoms with Crippen LogP contribution in [0.2, 0.25) is 0 Å². The first-order valence-corrected chi connectivity index (χ1v) is 13.0. The van der Waals surface area contributed by atoms with E-state index in [0.717, 1.165) is 22.6 Å². The molecule has 0 bridgehead atoms. The Balaban J connectivity index is 1.44. The van der Waals surface area contributed by atoms with E-state index in [2.05, 4.69) is 42.5 Å². The van der Waals surface area contributed by atoms with Crippen molar-refractivity contribution in [2.24, 2.45) is 22.0 Å². The minimum atomic E-state index is -0.360. The predicted octanol–water partition coefficient (Wildman–Crippen LogP) is 2.32. The molecule has 0 saturated heterocycles. The number of hydrazone groups is 2. The molecule has 4 N–H and O–H groups in total. The Kier molecular flexibility index (Phi) is 7.66. The number of hydrogen-bond acceptors (Lipinski definition) is 10. The molecule has 2 aliphatic rings. The van der Waals surface area contributed by atoms with Crippen LogP contribution in [0.5, 0.6) is 0 Å². The average molecular weight is 560 g/mol. The molecule has 5 rings (SSSR count). The van der Waals surface area contributed by atoms with Gasteiger partial charge in [-0.05, 0) is 35.4 Å². The highest BCUT2D eigenvalue weighted by molar-refractivity contribution is 6.06. The topological polar surface area (TPSA) is 197 Å². The molecular weight excluding hydrogens is 534 g/mol.